The van der Waals surface area contributed by atoms with Crippen LogP contribution in [-0.4, -0.2) is 38.8 Å². The monoisotopic (exact) mass is 467 g/mol. The fourth-order valence-electron chi connectivity index (χ4n) is 3.37. The van der Waals surface area contributed by atoms with Crippen molar-refractivity contribution in [3.05, 3.63) is 29.1 Å². The second kappa shape index (κ2) is 9.33. The second-order valence-electron chi connectivity index (χ2n) is 12.2. The van der Waals surface area contributed by atoms with Crippen LogP contribution in [0.5, 0.6) is 5.75 Å². The van der Waals surface area contributed by atoms with Crippen LogP contribution in [0.4, 0.5) is 9.18 Å². The highest BCUT2D eigenvalue weighted by Crippen LogP contribution is 2.38. The Bertz CT molecular complexity index is 824. The summed E-state index contributed by atoms with van der Waals surface area (Å²) in [5.74, 6) is 0.533. The third-order valence-corrected chi connectivity index (χ3v) is 10.7. The van der Waals surface area contributed by atoms with E-state index in [1.807, 2.05) is 40.7 Å². The molecule has 1 aromatic rings. The molecule has 1 aliphatic carbocycles. The number of carbonyl (C=O) groups is 1. The molecule has 1 aliphatic rings. The Balaban J connectivity index is 1.96. The molecule has 0 spiro atoms. The van der Waals surface area contributed by atoms with Gasteiger partial charge in [0.25, 0.3) is 0 Å². The van der Waals surface area contributed by atoms with Crippen molar-refractivity contribution < 1.29 is 23.1 Å². The number of amides is 1. The van der Waals surface area contributed by atoms with Gasteiger partial charge in [-0.05, 0) is 88.7 Å². The number of carbonyl (C=O) groups excluding carboxylic acids is 1. The lowest BCUT2D eigenvalue weighted by molar-refractivity contribution is 0.0441. The van der Waals surface area contributed by atoms with Crippen LogP contribution in [0.1, 0.15) is 66.5 Å². The number of hydrogen-bond donors (Lipinski definition) is 1. The van der Waals surface area contributed by atoms with Crippen LogP contribution in [0.3, 0.4) is 0 Å². The van der Waals surface area contributed by atoms with Gasteiger partial charge in [-0.2, -0.15) is 0 Å². The number of rotatable bonds is 7. The van der Waals surface area contributed by atoms with Gasteiger partial charge in [0.05, 0.1) is 5.54 Å². The molecule has 32 heavy (non-hydrogen) atoms. The predicted molar refractivity (Wildman–Crippen MR) is 129 cm³/mol. The number of halogens is 1. The topological polar surface area (TPSA) is 56.8 Å². The molecule has 0 saturated carbocycles. The maximum Gasteiger partial charge on any atom is 0.408 e. The Kier molecular flexibility index (Phi) is 7.77. The average Bonchev–Trinajstić information content (AvgIpc) is 2.99. The first kappa shape index (κ1) is 26.6. The summed E-state index contributed by atoms with van der Waals surface area (Å²) in [4.78, 5) is 12.1. The lowest BCUT2D eigenvalue weighted by Crippen LogP contribution is -2.49. The molecule has 0 fully saturated rings. The van der Waals surface area contributed by atoms with E-state index in [2.05, 4.69) is 39.2 Å². The highest BCUT2D eigenvalue weighted by molar-refractivity contribution is 6.74. The minimum absolute atomic E-state index is 0.158. The minimum atomic E-state index is -1.83. The number of nitrogens with one attached hydrogen (secondary N) is 1. The Morgan fingerprint density at radius 1 is 1.09 bits per heavy atom. The number of hydrogen-bond acceptors (Lipinski definition) is 4. The van der Waals surface area contributed by atoms with Crippen LogP contribution in [0.15, 0.2) is 12.1 Å². The molecule has 0 heterocycles. The normalized spacial score (nSPS) is 17.2. The van der Waals surface area contributed by atoms with Crippen molar-refractivity contribution in [3.8, 4) is 5.75 Å². The second-order valence-corrected chi connectivity index (χ2v) is 17.0. The fraction of sp³-hybridized carbons (Fsp3) is 0.720. The van der Waals surface area contributed by atoms with Crippen LogP contribution in [0.2, 0.25) is 18.1 Å². The molecule has 1 aromatic carbocycles. The summed E-state index contributed by atoms with van der Waals surface area (Å²) in [6.45, 7) is 21.2. The third kappa shape index (κ3) is 7.48. The lowest BCUT2D eigenvalue weighted by Gasteiger charge is -2.37. The maximum absolute atomic E-state index is 14.8. The van der Waals surface area contributed by atoms with Gasteiger partial charge in [-0.3, -0.25) is 0 Å². The first-order chi connectivity index (χ1) is 14.4. The van der Waals surface area contributed by atoms with Gasteiger partial charge >= 0.3 is 6.09 Å². The first-order valence-corrected chi connectivity index (χ1v) is 14.4. The molecule has 0 radical (unpaired) electrons. The molecule has 1 amide bonds. The number of benzene rings is 1. The molecular formula is C25H42FNO4Si. The number of ether oxygens (including phenoxy) is 2. The van der Waals surface area contributed by atoms with Crippen molar-refractivity contribution in [2.45, 2.75) is 97.5 Å². The Morgan fingerprint density at radius 3 is 2.28 bits per heavy atom. The molecule has 0 saturated heterocycles. The van der Waals surface area contributed by atoms with Crippen LogP contribution in [0, 0.1) is 11.7 Å². The van der Waals surface area contributed by atoms with Crippen LogP contribution in [-0.2, 0) is 22.0 Å². The predicted octanol–water partition coefficient (Wildman–Crippen LogP) is 6.24. The van der Waals surface area contributed by atoms with Gasteiger partial charge in [0.2, 0.25) is 0 Å². The molecule has 1 unspecified atom stereocenters. The van der Waals surface area contributed by atoms with E-state index < -0.39 is 25.6 Å². The standard InChI is InChI=1S/C25H42FNO4Si/c1-23(2,3)31-22(28)27-25(7,8)16-29-19-13-18-11-17(12-20(18)21(26)14-19)15-30-32(9,10)24(4,5)6/h13-14,17H,11-12,15-16H2,1-10H3,(H,27,28). The summed E-state index contributed by atoms with van der Waals surface area (Å²) >= 11 is 0. The van der Waals surface area contributed by atoms with Gasteiger partial charge in [-0.25, -0.2) is 9.18 Å². The van der Waals surface area contributed by atoms with Crippen LogP contribution >= 0.6 is 0 Å². The zero-order chi connectivity index (χ0) is 24.5. The van der Waals surface area contributed by atoms with Crippen LogP contribution < -0.4 is 10.1 Å². The van der Waals surface area contributed by atoms with Crippen molar-refractivity contribution >= 4 is 14.4 Å². The molecular weight excluding hydrogens is 425 g/mol. The zero-order valence-corrected chi connectivity index (χ0v) is 22.6. The molecule has 5 nitrogen and oxygen atoms in total. The summed E-state index contributed by atoms with van der Waals surface area (Å²) in [5, 5.41) is 2.96. The summed E-state index contributed by atoms with van der Waals surface area (Å²) < 4.78 is 32.4. The van der Waals surface area contributed by atoms with E-state index in [1.54, 1.807) is 0 Å². The highest BCUT2D eigenvalue weighted by Gasteiger charge is 2.38. The number of fused-ring (bicyclic) bond motifs is 1. The van der Waals surface area contributed by atoms with Crippen molar-refractivity contribution in [3.63, 3.8) is 0 Å². The molecule has 1 N–H and O–H groups in total. The summed E-state index contributed by atoms with van der Waals surface area (Å²) in [7, 11) is -1.83. The third-order valence-electron chi connectivity index (χ3n) is 6.19. The minimum Gasteiger partial charge on any atom is -0.491 e. The van der Waals surface area contributed by atoms with E-state index in [9.17, 15) is 9.18 Å². The zero-order valence-electron chi connectivity index (χ0n) is 21.6. The van der Waals surface area contributed by atoms with E-state index in [-0.39, 0.29) is 23.4 Å². The highest BCUT2D eigenvalue weighted by atomic mass is 28.4. The largest absolute Gasteiger partial charge is 0.491 e. The van der Waals surface area contributed by atoms with Gasteiger partial charge in [-0.1, -0.05) is 20.8 Å². The van der Waals surface area contributed by atoms with E-state index in [0.29, 0.717) is 18.8 Å². The van der Waals surface area contributed by atoms with Gasteiger partial charge in [-0.15, -0.1) is 0 Å². The van der Waals surface area contributed by atoms with Crippen molar-refractivity contribution in [1.29, 1.82) is 0 Å². The summed E-state index contributed by atoms with van der Waals surface area (Å²) in [6, 6.07) is 3.37. The van der Waals surface area contributed by atoms with E-state index >= 15 is 0 Å². The van der Waals surface area contributed by atoms with Crippen molar-refractivity contribution in [1.82, 2.24) is 5.32 Å². The van der Waals surface area contributed by atoms with Gasteiger partial charge in [0.1, 0.15) is 23.8 Å². The first-order valence-electron chi connectivity index (χ1n) is 11.5. The van der Waals surface area contributed by atoms with E-state index in [1.165, 1.54) is 6.07 Å². The van der Waals surface area contributed by atoms with Gasteiger partial charge < -0.3 is 19.2 Å². The Labute approximate surface area is 194 Å². The molecule has 1 atom stereocenters. The van der Waals surface area contributed by atoms with Crippen molar-refractivity contribution in [2.24, 2.45) is 5.92 Å². The fourth-order valence-corrected chi connectivity index (χ4v) is 4.46. The quantitative estimate of drug-likeness (QED) is 0.482. The molecule has 182 valence electrons. The van der Waals surface area contributed by atoms with E-state index in [0.717, 1.165) is 17.5 Å². The molecule has 0 bridgehead atoms. The van der Waals surface area contributed by atoms with Gasteiger partial charge in [0.15, 0.2) is 8.32 Å². The Morgan fingerprint density at radius 2 is 1.72 bits per heavy atom. The maximum atomic E-state index is 14.8. The Hall–Kier alpha value is -1.60. The van der Waals surface area contributed by atoms with Gasteiger partial charge in [0, 0.05) is 12.7 Å². The summed E-state index contributed by atoms with van der Waals surface area (Å²) in [5.41, 5.74) is 0.515. The lowest BCUT2D eigenvalue weighted by atomic mass is 10.1. The number of alkyl carbamates (subject to hydrolysis) is 1. The summed E-state index contributed by atoms with van der Waals surface area (Å²) in [6.07, 6.45) is 0.982. The molecule has 0 aromatic heterocycles. The SMILES string of the molecule is CC(C)(COc1cc(F)c2c(c1)CC(CO[Si](C)(C)C(C)(C)C)C2)NC(=O)OC(C)(C)C. The molecule has 7 heteroatoms. The van der Waals surface area contributed by atoms with E-state index in [4.69, 9.17) is 13.9 Å². The molecule has 2 rings (SSSR count). The van der Waals surface area contributed by atoms with Crippen LogP contribution in [0.25, 0.3) is 0 Å². The van der Waals surface area contributed by atoms with Crippen molar-refractivity contribution in [2.75, 3.05) is 13.2 Å². The molecule has 0 aliphatic heterocycles. The smallest absolute Gasteiger partial charge is 0.408 e. The average molecular weight is 468 g/mol.